The third-order valence-corrected chi connectivity index (χ3v) is 9.89. The zero-order valence-electron chi connectivity index (χ0n) is 69.0. The van der Waals surface area contributed by atoms with Gasteiger partial charge in [-0.25, -0.2) is 4.98 Å². The number of aliphatic hydroxyl groups is 2. The Kier molecular flexibility index (Phi) is 157. The molecule has 588 valence electrons. The lowest BCUT2D eigenvalue weighted by Gasteiger charge is -1.90. The number of nitrogens with one attached hydrogen (secondary N) is 2. The van der Waals surface area contributed by atoms with Gasteiger partial charge in [0, 0.05) is 73.9 Å². The summed E-state index contributed by atoms with van der Waals surface area (Å²) in [5, 5.41) is 32.6. The highest BCUT2D eigenvalue weighted by molar-refractivity contribution is 7.98. The normalized spacial score (nSPS) is 9.22. The summed E-state index contributed by atoms with van der Waals surface area (Å²) in [6.07, 6.45) is 28.8. The summed E-state index contributed by atoms with van der Waals surface area (Å²) >= 11 is 5.69. The predicted molar refractivity (Wildman–Crippen MR) is 445 cm³/mol. The molecule has 16 N–H and O–H groups in total. The van der Waals surface area contributed by atoms with Gasteiger partial charge in [0.1, 0.15) is 0 Å². The number of benzene rings is 2. The van der Waals surface area contributed by atoms with Crippen LogP contribution in [-0.4, -0.2) is 109 Å². The maximum absolute atomic E-state index is 9.82. The molecule has 17 nitrogen and oxygen atoms in total. The van der Waals surface area contributed by atoms with Crippen LogP contribution in [0.1, 0.15) is 312 Å². The van der Waals surface area contributed by atoms with Crippen molar-refractivity contribution in [2.24, 2.45) is 51.4 Å². The predicted octanol–water partition coefficient (Wildman–Crippen LogP) is 20.9. The number of amides is 2. The Morgan fingerprint density at radius 1 is 0.582 bits per heavy atom. The van der Waals surface area contributed by atoms with E-state index in [2.05, 4.69) is 210 Å². The largest absolute Gasteiger partial charge is 0.481 e. The number of para-hydroxylation sites is 1. The van der Waals surface area contributed by atoms with Crippen LogP contribution in [0.15, 0.2) is 78.3 Å². The fourth-order valence-corrected chi connectivity index (χ4v) is 4.99. The van der Waals surface area contributed by atoms with Crippen molar-refractivity contribution in [1.82, 2.24) is 15.0 Å². The lowest BCUT2D eigenvalue weighted by molar-refractivity contribution is -0.137. The lowest BCUT2D eigenvalue weighted by Crippen LogP contribution is -2.22. The molecule has 0 saturated heterocycles. The van der Waals surface area contributed by atoms with E-state index in [0.29, 0.717) is 19.3 Å². The molecule has 1 fully saturated rings. The number of thiol groups is 1. The number of fused-ring (bicyclic) bond motifs is 1. The summed E-state index contributed by atoms with van der Waals surface area (Å²) in [7, 11) is 0. The van der Waals surface area contributed by atoms with Gasteiger partial charge in [-0.05, 0) is 132 Å². The molecule has 98 heavy (non-hydrogen) atoms. The standard InChI is InChI=1S/C10H11N.C8H10.C5H13N3.C5H10.C4H6N2.C4H9NO.C4H11N.C4H8O2.C4H10S.4C4H10.C3H7NO.C3H6O2.C3H8O.C2H6O.C2H6S.C2H6/c1-2-8-7-11-10-6-4-3-5-9(8)10;1-2-8-6-4-3-5-7-8;1-2-3-4-8-5(6)7;1-2-4-5-3-1;1-4-2-5-3-6-4;1-2-3-4(5)6;1-2-3-4-5;1-2-3-4(5)6;1-3-4-5-2;3*1-4(2)3;1-3-4-2;2*1-2-3(4)5;1-3(2)4;2*1-2-3;1-2/h3-7,11H,2H2,1H3;3-7H,2H2,1H3;2-4H2,1H3,(H4,6,7,8);1-5H2;2-3H,1H3,(H,5,6);2-3H2,1H3,(H2,5,6);2-5H2,1H3;2-3H2,1H3,(H,5,6);3-4H2,1-2H3;3*4H,1-3H3;3-4H2,1-2H3;2H2,1H3,(H2,4,5);2H2,1H3,(H,4,5);3-4H,1-2H3;2*3H,2H2,1H3;1-2H3. The first-order valence-corrected chi connectivity index (χ1v) is 38.8. The molecule has 5 rings (SSSR count). The first-order valence-electron chi connectivity index (χ1n) is 36.8. The van der Waals surface area contributed by atoms with Gasteiger partial charge in [0.2, 0.25) is 11.8 Å². The van der Waals surface area contributed by atoms with Crippen molar-refractivity contribution in [2.45, 2.75) is 321 Å². The number of nitrogens with zero attached hydrogens (tertiary/aromatic N) is 2. The molecule has 2 heterocycles. The number of carbonyl (C=O) groups excluding carboxylic acids is 2. The number of rotatable bonds is 16. The number of aryl methyl sites for hydroxylation is 3. The number of imidazole rings is 1. The molecule has 1 aliphatic rings. The maximum Gasteiger partial charge on any atom is 0.303 e. The molecule has 0 radical (unpaired) electrons. The summed E-state index contributed by atoms with van der Waals surface area (Å²) < 4.78 is 0. The SMILES string of the molecule is C1CCCC1.CC.CC(C)C.CC(C)C.CC(C)C.CC(C)O.CCC(=O)O.CCC(N)=O.CCCC.CCCC(=O)O.CCCC(N)=O.CCCCN.CCCCN=C(N)N.CCCSC.CCO.CCS.CCc1c[nH]c2ccccc12.CCc1ccccc1.Cc1cnc[nH]1. The van der Waals surface area contributed by atoms with Crippen LogP contribution < -0.4 is 28.7 Å². The number of aliphatic imine (C=N–C) groups is 1. The van der Waals surface area contributed by atoms with E-state index in [0.717, 1.165) is 80.8 Å². The molecule has 0 bridgehead atoms. The minimum absolute atomic E-state index is 0.167. The van der Waals surface area contributed by atoms with Gasteiger partial charge >= 0.3 is 11.9 Å². The van der Waals surface area contributed by atoms with E-state index in [1.54, 1.807) is 47.1 Å². The summed E-state index contributed by atoms with van der Waals surface area (Å²) in [5.41, 5.74) is 29.8. The van der Waals surface area contributed by atoms with Gasteiger partial charge in [0.15, 0.2) is 5.96 Å². The number of primary amides is 2. The number of nitrogens with two attached hydrogens (primary N) is 5. The smallest absolute Gasteiger partial charge is 0.303 e. The van der Waals surface area contributed by atoms with Gasteiger partial charge < -0.3 is 59.1 Å². The minimum Gasteiger partial charge on any atom is -0.481 e. The zero-order valence-corrected chi connectivity index (χ0v) is 70.7. The fraction of sp³-hybridized carbons (Fsp3) is 0.722. The first kappa shape index (κ1) is 126. The van der Waals surface area contributed by atoms with E-state index < -0.39 is 11.9 Å². The molecule has 2 aromatic carbocycles. The number of thioether (sulfide) groups is 1. The van der Waals surface area contributed by atoms with Gasteiger partial charge in [-0.3, -0.25) is 24.2 Å². The number of aromatic amines is 2. The molecule has 0 aliphatic heterocycles. The van der Waals surface area contributed by atoms with E-state index in [9.17, 15) is 19.2 Å². The van der Waals surface area contributed by atoms with Gasteiger partial charge in [0.25, 0.3) is 0 Å². The van der Waals surface area contributed by atoms with Crippen molar-refractivity contribution in [1.29, 1.82) is 0 Å². The van der Waals surface area contributed by atoms with E-state index in [-0.39, 0.29) is 36.9 Å². The first-order chi connectivity index (χ1) is 46.1. The molecule has 1 aliphatic carbocycles. The van der Waals surface area contributed by atoms with Crippen LogP contribution in [0.2, 0.25) is 0 Å². The maximum atomic E-state index is 9.82. The second-order valence-corrected chi connectivity index (χ2v) is 24.8. The Balaban J connectivity index is -0.0000000641. The van der Waals surface area contributed by atoms with Gasteiger partial charge in [-0.2, -0.15) is 24.4 Å². The summed E-state index contributed by atoms with van der Waals surface area (Å²) in [6, 6.07) is 18.9. The highest BCUT2D eigenvalue weighted by Crippen LogP contribution is 2.17. The zero-order chi connectivity index (χ0) is 79.8. The topological polar surface area (TPSA) is 336 Å². The average molecular weight is 1440 g/mol. The van der Waals surface area contributed by atoms with Crippen molar-refractivity contribution in [3.05, 3.63) is 90.1 Å². The fourth-order valence-electron chi connectivity index (χ4n) is 4.58. The van der Waals surface area contributed by atoms with Gasteiger partial charge in [-0.15, -0.1) is 0 Å². The summed E-state index contributed by atoms with van der Waals surface area (Å²) in [4.78, 5) is 52.1. The van der Waals surface area contributed by atoms with E-state index in [1.165, 1.54) is 92.0 Å². The van der Waals surface area contributed by atoms with Crippen LogP contribution in [0.4, 0.5) is 0 Å². The number of aliphatic hydroxyl groups excluding tert-OH is 2. The third-order valence-electron chi connectivity index (χ3n) is 9.07. The van der Waals surface area contributed by atoms with Crippen LogP contribution in [-0.2, 0) is 32.0 Å². The second kappa shape index (κ2) is 122. The molecule has 1 saturated carbocycles. The Bertz CT molecular complexity index is 1900. The Labute approximate surface area is 616 Å². The number of unbranched alkanes of at least 4 members (excludes halogenated alkanes) is 3. The van der Waals surface area contributed by atoms with Crippen molar-refractivity contribution in [2.75, 3.05) is 37.5 Å². The van der Waals surface area contributed by atoms with Crippen LogP contribution in [0.3, 0.4) is 0 Å². The molecule has 0 atom stereocenters. The van der Waals surface area contributed by atoms with Crippen LogP contribution in [0.25, 0.3) is 10.9 Å². The summed E-state index contributed by atoms with van der Waals surface area (Å²) in [6.45, 7) is 56.6. The van der Waals surface area contributed by atoms with E-state index in [1.807, 2.05) is 59.4 Å². The molecule has 0 unspecified atom stereocenters. The van der Waals surface area contributed by atoms with Gasteiger partial charge in [0.05, 0.1) is 6.33 Å². The molecule has 4 aromatic rings. The molecule has 2 amide bonds. The number of aromatic nitrogens is 3. The Morgan fingerprint density at radius 2 is 0.959 bits per heavy atom. The molecular formula is C79H167N9O8S2. The number of carboxylic acids is 2. The number of H-pyrrole nitrogens is 2. The molecule has 2 aromatic heterocycles. The minimum atomic E-state index is -0.745. The number of aliphatic carboxylic acids is 2. The quantitative estimate of drug-likeness (QED) is 0.0215. The third kappa shape index (κ3) is 212. The van der Waals surface area contributed by atoms with Crippen molar-refractivity contribution in [3.8, 4) is 0 Å². The molecular weight excluding hydrogens is 1270 g/mol. The molecule has 19 heteroatoms. The number of hydrogen-bond acceptors (Lipinski definition) is 11. The number of guanidine groups is 1. The summed E-state index contributed by atoms with van der Waals surface area (Å²) in [5.74, 6) is 3.03. The number of hydrogen-bond donors (Lipinski definition) is 12. The number of carboxylic acid groups (broad SMARTS) is 2. The lowest BCUT2D eigenvalue weighted by atomic mass is 10.1. The second-order valence-electron chi connectivity index (χ2n) is 23.2. The van der Waals surface area contributed by atoms with Crippen molar-refractivity contribution >= 4 is 65.0 Å². The highest BCUT2D eigenvalue weighted by Gasteiger charge is 1.98. The van der Waals surface area contributed by atoms with Gasteiger partial charge in [-0.1, -0.05) is 266 Å². The Morgan fingerprint density at radius 3 is 1.13 bits per heavy atom. The van der Waals surface area contributed by atoms with Crippen LogP contribution >= 0.6 is 24.4 Å². The van der Waals surface area contributed by atoms with Crippen LogP contribution in [0.5, 0.6) is 0 Å². The van der Waals surface area contributed by atoms with Crippen molar-refractivity contribution < 1.29 is 39.6 Å². The Hall–Kier alpha value is -5.08. The number of carbonyl (C=O) groups is 4. The van der Waals surface area contributed by atoms with E-state index in [4.69, 9.17) is 43.4 Å². The van der Waals surface area contributed by atoms with E-state index >= 15 is 0 Å². The monoisotopic (exact) mass is 1430 g/mol. The molecule has 0 spiro atoms. The average Bonchev–Trinajstić information content (AvgIpc) is 1.70. The van der Waals surface area contributed by atoms with Crippen molar-refractivity contribution in [3.63, 3.8) is 0 Å². The highest BCUT2D eigenvalue weighted by atomic mass is 32.2. The van der Waals surface area contributed by atoms with Crippen LogP contribution in [0, 0.1) is 24.7 Å².